The number of methoxy groups -OCH3 is 1. The first-order chi connectivity index (χ1) is 13.1. The Labute approximate surface area is 161 Å². The van der Waals surface area contributed by atoms with E-state index in [1.165, 1.54) is 6.07 Å². The number of anilines is 1. The number of nitrogens with zero attached hydrogens (tertiary/aromatic N) is 1. The average Bonchev–Trinajstić information content (AvgIpc) is 2.64. The van der Waals surface area contributed by atoms with Gasteiger partial charge in [0.25, 0.3) is 0 Å². The third-order valence-electron chi connectivity index (χ3n) is 4.13. The Hall–Kier alpha value is -2.83. The van der Waals surface area contributed by atoms with Crippen molar-refractivity contribution in [2.24, 2.45) is 0 Å². The highest BCUT2D eigenvalue weighted by atomic mass is 35.5. The summed E-state index contributed by atoms with van der Waals surface area (Å²) in [6.45, 7) is 1.04. The Morgan fingerprint density at radius 1 is 1.19 bits per heavy atom. The van der Waals surface area contributed by atoms with Crippen molar-refractivity contribution in [2.75, 3.05) is 25.6 Å². The predicted molar refractivity (Wildman–Crippen MR) is 107 cm³/mol. The summed E-state index contributed by atoms with van der Waals surface area (Å²) >= 11 is 5.98. The number of ether oxygens (including phenoxy) is 1. The molecule has 140 valence electrons. The lowest BCUT2D eigenvalue weighted by Crippen LogP contribution is -2.37. The van der Waals surface area contributed by atoms with E-state index in [9.17, 15) is 9.59 Å². The molecule has 0 fully saturated rings. The minimum Gasteiger partial charge on any atom is -0.383 e. The van der Waals surface area contributed by atoms with Gasteiger partial charge in [-0.05, 0) is 29.8 Å². The molecular weight excluding hydrogens is 366 g/mol. The quantitative estimate of drug-likeness (QED) is 0.676. The van der Waals surface area contributed by atoms with Crippen LogP contribution in [0.3, 0.4) is 0 Å². The van der Waals surface area contributed by atoms with Crippen molar-refractivity contribution in [3.05, 3.63) is 75.5 Å². The second-order valence-corrected chi connectivity index (χ2v) is 6.50. The summed E-state index contributed by atoms with van der Waals surface area (Å²) in [6.07, 6.45) is 0. The van der Waals surface area contributed by atoms with Crippen LogP contribution in [0.1, 0.15) is 5.56 Å². The molecule has 27 heavy (non-hydrogen) atoms. The van der Waals surface area contributed by atoms with E-state index in [1.54, 1.807) is 36.3 Å². The average molecular weight is 386 g/mol. The van der Waals surface area contributed by atoms with Crippen molar-refractivity contribution >= 4 is 34.2 Å². The highest BCUT2D eigenvalue weighted by molar-refractivity contribution is 6.30. The molecule has 1 heterocycles. The van der Waals surface area contributed by atoms with E-state index in [0.717, 1.165) is 16.5 Å². The molecule has 6 nitrogen and oxygen atoms in total. The van der Waals surface area contributed by atoms with Crippen LogP contribution in [0, 0.1) is 0 Å². The number of para-hydroxylation sites is 1. The smallest absolute Gasteiger partial charge is 0.322 e. The van der Waals surface area contributed by atoms with Gasteiger partial charge in [0, 0.05) is 47.9 Å². The molecule has 3 rings (SSSR count). The van der Waals surface area contributed by atoms with Gasteiger partial charge < -0.3 is 19.9 Å². The summed E-state index contributed by atoms with van der Waals surface area (Å²) in [6, 6.07) is 15.7. The summed E-state index contributed by atoms with van der Waals surface area (Å²) < 4.78 is 5.13. The first kappa shape index (κ1) is 18.9. The van der Waals surface area contributed by atoms with Crippen LogP contribution in [0.15, 0.2) is 59.4 Å². The number of hydrogen-bond donors (Lipinski definition) is 2. The van der Waals surface area contributed by atoms with Gasteiger partial charge in [0.2, 0.25) is 5.56 Å². The number of urea groups is 1. The van der Waals surface area contributed by atoms with Gasteiger partial charge in [-0.15, -0.1) is 0 Å². The van der Waals surface area contributed by atoms with Gasteiger partial charge >= 0.3 is 6.03 Å². The first-order valence-corrected chi connectivity index (χ1v) is 8.86. The topological polar surface area (TPSA) is 74.4 Å². The third-order valence-corrected chi connectivity index (χ3v) is 4.36. The maximum Gasteiger partial charge on any atom is 0.322 e. The zero-order chi connectivity index (χ0) is 19.2. The number of aromatic amines is 1. The zero-order valence-electron chi connectivity index (χ0n) is 14.9. The van der Waals surface area contributed by atoms with Gasteiger partial charge in [-0.3, -0.25) is 4.79 Å². The van der Waals surface area contributed by atoms with E-state index in [2.05, 4.69) is 10.3 Å². The number of carbonyl (C=O) groups excluding carboxylic acids is 1. The van der Waals surface area contributed by atoms with Crippen LogP contribution >= 0.6 is 11.6 Å². The Bertz CT molecular complexity index is 1000. The number of fused-ring (bicyclic) bond motifs is 1. The largest absolute Gasteiger partial charge is 0.383 e. The molecule has 0 spiro atoms. The normalized spacial score (nSPS) is 10.7. The summed E-state index contributed by atoms with van der Waals surface area (Å²) in [4.78, 5) is 29.2. The SMILES string of the molecule is COCCN(Cc1cc(=O)[nH]c2ccccc12)C(=O)Nc1cccc(Cl)c1. The maximum absolute atomic E-state index is 12.8. The number of aromatic nitrogens is 1. The van der Waals surface area contributed by atoms with Crippen molar-refractivity contribution in [2.45, 2.75) is 6.54 Å². The molecule has 1 aromatic heterocycles. The van der Waals surface area contributed by atoms with Crippen LogP contribution in [0.25, 0.3) is 10.9 Å². The molecule has 0 radical (unpaired) electrons. The predicted octanol–water partition coefficient (Wildman–Crippen LogP) is 3.86. The van der Waals surface area contributed by atoms with Gasteiger partial charge in [0.1, 0.15) is 0 Å². The molecule has 0 unspecified atom stereocenters. The van der Waals surface area contributed by atoms with Crippen LogP contribution < -0.4 is 10.9 Å². The van der Waals surface area contributed by atoms with Crippen LogP contribution in [-0.2, 0) is 11.3 Å². The number of rotatable bonds is 6. The molecule has 2 amide bonds. The summed E-state index contributed by atoms with van der Waals surface area (Å²) in [5.74, 6) is 0. The van der Waals surface area contributed by atoms with Crippen LogP contribution in [-0.4, -0.2) is 36.2 Å². The Morgan fingerprint density at radius 3 is 2.78 bits per heavy atom. The van der Waals surface area contributed by atoms with E-state index in [0.29, 0.717) is 23.9 Å². The van der Waals surface area contributed by atoms with Gasteiger partial charge in [0.15, 0.2) is 0 Å². The fourth-order valence-corrected chi connectivity index (χ4v) is 3.03. The van der Waals surface area contributed by atoms with Crippen molar-refractivity contribution in [1.29, 1.82) is 0 Å². The van der Waals surface area contributed by atoms with E-state index in [4.69, 9.17) is 16.3 Å². The lowest BCUT2D eigenvalue weighted by atomic mass is 10.1. The number of hydrogen-bond acceptors (Lipinski definition) is 3. The molecule has 0 aliphatic heterocycles. The van der Waals surface area contributed by atoms with Gasteiger partial charge in [-0.2, -0.15) is 0 Å². The van der Waals surface area contributed by atoms with Crippen LogP contribution in [0.2, 0.25) is 5.02 Å². The van der Waals surface area contributed by atoms with Crippen LogP contribution in [0.4, 0.5) is 10.5 Å². The second-order valence-electron chi connectivity index (χ2n) is 6.06. The van der Waals surface area contributed by atoms with Crippen molar-refractivity contribution in [3.8, 4) is 0 Å². The monoisotopic (exact) mass is 385 g/mol. The van der Waals surface area contributed by atoms with E-state index >= 15 is 0 Å². The number of H-pyrrole nitrogens is 1. The summed E-state index contributed by atoms with van der Waals surface area (Å²) in [7, 11) is 1.58. The van der Waals surface area contributed by atoms with E-state index in [1.807, 2.05) is 24.3 Å². The standard InChI is InChI=1S/C20H20ClN3O3/c1-27-10-9-24(20(26)22-16-6-4-5-15(21)12-16)13-14-11-19(25)23-18-8-3-2-7-17(14)18/h2-8,11-12H,9-10,13H2,1H3,(H,22,26)(H,23,25). The van der Waals surface area contributed by atoms with Crippen molar-refractivity contribution in [1.82, 2.24) is 9.88 Å². The molecule has 0 aliphatic carbocycles. The van der Waals surface area contributed by atoms with Gasteiger partial charge in [0.05, 0.1) is 6.61 Å². The minimum absolute atomic E-state index is 0.203. The van der Waals surface area contributed by atoms with Crippen LogP contribution in [0.5, 0.6) is 0 Å². The van der Waals surface area contributed by atoms with Crippen molar-refractivity contribution in [3.63, 3.8) is 0 Å². The molecule has 3 aromatic rings. The summed E-state index contributed by atoms with van der Waals surface area (Å²) in [5, 5.41) is 4.27. The van der Waals surface area contributed by atoms with Crippen molar-refractivity contribution < 1.29 is 9.53 Å². The maximum atomic E-state index is 12.8. The third kappa shape index (κ3) is 4.87. The number of pyridine rings is 1. The number of halogens is 1. The number of nitrogens with one attached hydrogen (secondary N) is 2. The fraction of sp³-hybridized carbons (Fsp3) is 0.200. The van der Waals surface area contributed by atoms with E-state index < -0.39 is 0 Å². The number of benzene rings is 2. The molecule has 2 aromatic carbocycles. The highest BCUT2D eigenvalue weighted by Gasteiger charge is 2.16. The lowest BCUT2D eigenvalue weighted by Gasteiger charge is -2.23. The lowest BCUT2D eigenvalue weighted by molar-refractivity contribution is 0.153. The molecule has 0 atom stereocenters. The second kappa shape index (κ2) is 8.70. The first-order valence-electron chi connectivity index (χ1n) is 8.48. The van der Waals surface area contributed by atoms with Gasteiger partial charge in [-0.25, -0.2) is 4.79 Å². The van der Waals surface area contributed by atoms with Gasteiger partial charge in [-0.1, -0.05) is 35.9 Å². The number of amides is 2. The Morgan fingerprint density at radius 2 is 2.00 bits per heavy atom. The zero-order valence-corrected chi connectivity index (χ0v) is 15.6. The minimum atomic E-state index is -0.293. The van der Waals surface area contributed by atoms with E-state index in [-0.39, 0.29) is 18.1 Å². The Kier molecular flexibility index (Phi) is 6.11. The molecule has 7 heteroatoms. The molecule has 0 bridgehead atoms. The fourth-order valence-electron chi connectivity index (χ4n) is 2.84. The Balaban J connectivity index is 1.87. The molecule has 2 N–H and O–H groups in total. The molecule has 0 saturated carbocycles. The molecule has 0 aliphatic rings. The molecule has 0 saturated heterocycles. The number of carbonyl (C=O) groups is 1. The molecular formula is C20H20ClN3O3. The highest BCUT2D eigenvalue weighted by Crippen LogP contribution is 2.18. The summed E-state index contributed by atoms with van der Waals surface area (Å²) in [5.41, 5.74) is 1.91.